The van der Waals surface area contributed by atoms with Gasteiger partial charge in [-0.05, 0) is 64.2 Å². The standard InChI is InChI=1S/C39H73N2O6P/c1-6-8-10-12-14-16-18-19-20-21-22-23-25-27-29-31-33-39(43)40-37(36-47-48(44,45)46-35-34-41(3,4)5)38(42)32-30-28-26-24-17-15-13-11-9-7-2/h9,11,17,20-21,24,30,32,37-38,42H,6-8,10,12-16,18-19,22-23,25-29,31,33-36H2,1-5H3,(H-,40,43,44,45)/p+1/b11-9+,21-20-,24-17+,32-30+. The molecule has 0 saturated carbocycles. The number of nitrogens with one attached hydrogen (secondary N) is 1. The van der Waals surface area contributed by atoms with E-state index < -0.39 is 20.0 Å². The zero-order valence-corrected chi connectivity index (χ0v) is 32.4. The highest BCUT2D eigenvalue weighted by atomic mass is 31.2. The quantitative estimate of drug-likeness (QED) is 0.0273. The minimum absolute atomic E-state index is 0.0503. The average molecular weight is 698 g/mol. The second kappa shape index (κ2) is 31.4. The Morgan fingerprint density at radius 3 is 1.77 bits per heavy atom. The van der Waals surface area contributed by atoms with E-state index in [1.165, 1.54) is 57.8 Å². The highest BCUT2D eigenvalue weighted by molar-refractivity contribution is 7.47. The monoisotopic (exact) mass is 698 g/mol. The van der Waals surface area contributed by atoms with Gasteiger partial charge in [0.1, 0.15) is 13.2 Å². The van der Waals surface area contributed by atoms with E-state index in [-0.39, 0.29) is 19.1 Å². The maximum absolute atomic E-state index is 12.8. The number of amides is 1. The van der Waals surface area contributed by atoms with Gasteiger partial charge in [0.2, 0.25) is 5.91 Å². The molecule has 0 aromatic rings. The molecule has 0 rings (SSSR count). The molecule has 0 bridgehead atoms. The van der Waals surface area contributed by atoms with Gasteiger partial charge in [0, 0.05) is 6.42 Å². The van der Waals surface area contributed by atoms with Gasteiger partial charge in [-0.25, -0.2) is 4.57 Å². The van der Waals surface area contributed by atoms with E-state index in [0.717, 1.165) is 64.2 Å². The SMILES string of the molecule is CC/C=C/CC/C=C/CC/C=C/C(O)C(COP(=O)(O)OCC[N+](C)(C)C)NC(=O)CCCCCCC/C=C\CCCCCCCCC. The van der Waals surface area contributed by atoms with E-state index in [0.29, 0.717) is 17.4 Å². The lowest BCUT2D eigenvalue weighted by Gasteiger charge is -2.25. The molecule has 8 nitrogen and oxygen atoms in total. The van der Waals surface area contributed by atoms with E-state index in [1.54, 1.807) is 6.08 Å². The summed E-state index contributed by atoms with van der Waals surface area (Å²) >= 11 is 0. The number of quaternary nitrogens is 1. The molecule has 3 N–H and O–H groups in total. The number of aliphatic hydroxyl groups excluding tert-OH is 1. The second-order valence-electron chi connectivity index (χ2n) is 13.9. The minimum atomic E-state index is -4.34. The van der Waals surface area contributed by atoms with Crippen molar-refractivity contribution in [1.29, 1.82) is 0 Å². The fraction of sp³-hybridized carbons (Fsp3) is 0.769. The summed E-state index contributed by atoms with van der Waals surface area (Å²) in [5.74, 6) is -0.205. The number of hydrogen-bond donors (Lipinski definition) is 3. The van der Waals surface area contributed by atoms with Gasteiger partial charge in [0.25, 0.3) is 0 Å². The summed E-state index contributed by atoms with van der Waals surface area (Å²) in [7, 11) is 1.53. The summed E-state index contributed by atoms with van der Waals surface area (Å²) in [4.78, 5) is 22.9. The van der Waals surface area contributed by atoms with Gasteiger partial charge in [-0.3, -0.25) is 13.8 Å². The first-order valence-corrected chi connectivity index (χ1v) is 20.5. The van der Waals surface area contributed by atoms with Gasteiger partial charge >= 0.3 is 7.82 Å². The van der Waals surface area contributed by atoms with Gasteiger partial charge in [0.05, 0.1) is 39.9 Å². The van der Waals surface area contributed by atoms with Crippen LogP contribution in [0.15, 0.2) is 48.6 Å². The number of aliphatic hydroxyl groups is 1. The van der Waals surface area contributed by atoms with Gasteiger partial charge in [-0.15, -0.1) is 0 Å². The molecule has 0 spiro atoms. The van der Waals surface area contributed by atoms with Gasteiger partial charge < -0.3 is 19.8 Å². The summed E-state index contributed by atoms with van der Waals surface area (Å²) in [5, 5.41) is 13.7. The Morgan fingerprint density at radius 1 is 0.708 bits per heavy atom. The number of carbonyl (C=O) groups excluding carboxylic acids is 1. The van der Waals surface area contributed by atoms with Gasteiger partial charge in [-0.2, -0.15) is 0 Å². The Labute approximate surface area is 295 Å². The van der Waals surface area contributed by atoms with Gasteiger partial charge in [-0.1, -0.05) is 120 Å². The van der Waals surface area contributed by atoms with Crippen LogP contribution < -0.4 is 5.32 Å². The molecule has 0 aliphatic heterocycles. The number of nitrogens with zero attached hydrogens (tertiary/aromatic N) is 1. The Balaban J connectivity index is 4.54. The third kappa shape index (κ3) is 33.0. The van der Waals surface area contributed by atoms with Crippen LogP contribution in [0.25, 0.3) is 0 Å². The number of hydrogen-bond acceptors (Lipinski definition) is 5. The lowest BCUT2D eigenvalue weighted by molar-refractivity contribution is -0.870. The van der Waals surface area contributed by atoms with Gasteiger partial charge in [0.15, 0.2) is 0 Å². The van der Waals surface area contributed by atoms with Crippen molar-refractivity contribution >= 4 is 13.7 Å². The number of likely N-dealkylation sites (N-methyl/N-ethyl adjacent to an activating group) is 1. The maximum atomic E-state index is 12.8. The van der Waals surface area contributed by atoms with E-state index in [2.05, 4.69) is 55.6 Å². The predicted molar refractivity (Wildman–Crippen MR) is 203 cm³/mol. The molecule has 0 aliphatic carbocycles. The molecule has 0 saturated heterocycles. The van der Waals surface area contributed by atoms with Crippen molar-refractivity contribution in [2.75, 3.05) is 40.9 Å². The summed E-state index contributed by atoms with van der Waals surface area (Å²) in [6, 6.07) is -0.870. The van der Waals surface area contributed by atoms with Crippen LogP contribution >= 0.6 is 7.82 Å². The Kier molecular flexibility index (Phi) is 30.4. The minimum Gasteiger partial charge on any atom is -0.387 e. The molecule has 0 fully saturated rings. The highest BCUT2D eigenvalue weighted by Gasteiger charge is 2.27. The lowest BCUT2D eigenvalue weighted by atomic mass is 10.1. The van der Waals surface area contributed by atoms with Crippen LogP contribution in [0.2, 0.25) is 0 Å². The molecule has 0 heterocycles. The number of carbonyl (C=O) groups is 1. The van der Waals surface area contributed by atoms with Crippen molar-refractivity contribution in [1.82, 2.24) is 5.32 Å². The van der Waals surface area contributed by atoms with Crippen LogP contribution in [-0.2, 0) is 18.4 Å². The summed E-state index contributed by atoms with van der Waals surface area (Å²) in [6.07, 6.45) is 37.6. The average Bonchev–Trinajstić information content (AvgIpc) is 3.02. The summed E-state index contributed by atoms with van der Waals surface area (Å²) in [6.45, 7) is 4.62. The molecule has 3 atom stereocenters. The fourth-order valence-electron chi connectivity index (χ4n) is 4.95. The first-order valence-electron chi connectivity index (χ1n) is 19.0. The molecule has 0 radical (unpaired) electrons. The molecule has 0 aromatic carbocycles. The molecule has 280 valence electrons. The van der Waals surface area contributed by atoms with E-state index in [9.17, 15) is 19.4 Å². The Morgan fingerprint density at radius 2 is 1.21 bits per heavy atom. The van der Waals surface area contributed by atoms with Crippen LogP contribution in [0.1, 0.15) is 142 Å². The highest BCUT2D eigenvalue weighted by Crippen LogP contribution is 2.43. The zero-order chi connectivity index (χ0) is 35.8. The molecule has 3 unspecified atom stereocenters. The lowest BCUT2D eigenvalue weighted by Crippen LogP contribution is -2.45. The van der Waals surface area contributed by atoms with Crippen LogP contribution in [0.5, 0.6) is 0 Å². The molecule has 9 heteroatoms. The molecular weight excluding hydrogens is 623 g/mol. The number of unbranched alkanes of at least 4 members (excludes halogenated alkanes) is 14. The van der Waals surface area contributed by atoms with Crippen molar-refractivity contribution in [3.63, 3.8) is 0 Å². The van der Waals surface area contributed by atoms with Crippen molar-refractivity contribution in [3.05, 3.63) is 48.6 Å². The fourth-order valence-corrected chi connectivity index (χ4v) is 5.69. The van der Waals surface area contributed by atoms with Crippen LogP contribution in [0.4, 0.5) is 0 Å². The van der Waals surface area contributed by atoms with E-state index in [4.69, 9.17) is 9.05 Å². The largest absolute Gasteiger partial charge is 0.472 e. The third-order valence-corrected chi connectivity index (χ3v) is 8.99. The second-order valence-corrected chi connectivity index (χ2v) is 15.4. The smallest absolute Gasteiger partial charge is 0.387 e. The number of rotatable bonds is 33. The molecule has 1 amide bonds. The summed E-state index contributed by atoms with van der Waals surface area (Å²) in [5.41, 5.74) is 0. The Bertz CT molecular complexity index is 928. The molecular formula is C39H74N2O6P+. The Hall–Kier alpha value is -1.54. The predicted octanol–water partition coefficient (Wildman–Crippen LogP) is 9.74. The zero-order valence-electron chi connectivity index (χ0n) is 31.5. The van der Waals surface area contributed by atoms with Crippen molar-refractivity contribution < 1.29 is 32.9 Å². The van der Waals surface area contributed by atoms with Crippen molar-refractivity contribution in [2.45, 2.75) is 154 Å². The third-order valence-electron chi connectivity index (χ3n) is 8.01. The normalized spacial score (nSPS) is 15.2. The first kappa shape index (κ1) is 46.5. The summed E-state index contributed by atoms with van der Waals surface area (Å²) < 4.78 is 23.4. The van der Waals surface area contributed by atoms with Crippen LogP contribution in [-0.4, -0.2) is 73.4 Å². The van der Waals surface area contributed by atoms with E-state index >= 15 is 0 Å². The molecule has 0 aliphatic rings. The molecule has 48 heavy (non-hydrogen) atoms. The maximum Gasteiger partial charge on any atom is 0.472 e. The van der Waals surface area contributed by atoms with Crippen molar-refractivity contribution in [3.8, 4) is 0 Å². The van der Waals surface area contributed by atoms with Crippen molar-refractivity contribution in [2.24, 2.45) is 0 Å². The topological polar surface area (TPSA) is 105 Å². The molecule has 0 aromatic heterocycles. The number of phosphoric acid groups is 1. The number of phosphoric ester groups is 1. The van der Waals surface area contributed by atoms with E-state index in [1.807, 2.05) is 27.2 Å². The van der Waals surface area contributed by atoms with Crippen LogP contribution in [0.3, 0.4) is 0 Å². The van der Waals surface area contributed by atoms with Crippen LogP contribution in [0, 0.1) is 0 Å². The number of allylic oxidation sites excluding steroid dienone is 7. The first-order chi connectivity index (χ1) is 23.0.